The molecule has 2 aliphatic rings. The monoisotopic (exact) mass is 637 g/mol. The minimum Gasteiger partial charge on any atom is -0.481 e. The maximum atomic E-state index is 13.7. The quantitative estimate of drug-likeness (QED) is 0.225. The molecule has 1 heterocycles. The van der Waals surface area contributed by atoms with E-state index in [0.29, 0.717) is 31.0 Å². The molecule has 1 aromatic heterocycles. The van der Waals surface area contributed by atoms with Gasteiger partial charge in [0.15, 0.2) is 0 Å². The first kappa shape index (κ1) is 32.7. The number of alkyl halides is 6. The average Bonchev–Trinajstić information content (AvgIpc) is 3.63. The number of aryl methyl sites for hydroxylation is 3. The van der Waals surface area contributed by atoms with Crippen LogP contribution in [0, 0.1) is 18.8 Å². The maximum absolute atomic E-state index is 13.7. The molecule has 2 aliphatic carbocycles. The van der Waals surface area contributed by atoms with Crippen molar-refractivity contribution < 1.29 is 40.8 Å². The van der Waals surface area contributed by atoms with Gasteiger partial charge in [0.05, 0.1) is 22.7 Å². The van der Waals surface area contributed by atoms with Gasteiger partial charge in [0.25, 0.3) is 0 Å². The molecular weight excluding hydrogens is 600 g/mol. The summed E-state index contributed by atoms with van der Waals surface area (Å²) in [4.78, 5) is 15.3. The third kappa shape index (κ3) is 7.76. The van der Waals surface area contributed by atoms with E-state index in [-0.39, 0.29) is 36.5 Å². The highest BCUT2D eigenvalue weighted by molar-refractivity contribution is 5.70. The predicted molar refractivity (Wildman–Crippen MR) is 157 cm³/mol. The summed E-state index contributed by atoms with van der Waals surface area (Å²) in [7, 11) is 0. The molecule has 244 valence electrons. The van der Waals surface area contributed by atoms with Gasteiger partial charge in [0.1, 0.15) is 0 Å². The number of aromatic nitrogens is 1. The molecule has 12 heteroatoms. The molecule has 0 saturated heterocycles. The van der Waals surface area contributed by atoms with Crippen LogP contribution in [0.15, 0.2) is 40.9 Å². The Balaban J connectivity index is 1.50. The van der Waals surface area contributed by atoms with E-state index >= 15 is 0 Å². The fraction of sp³-hybridized carbons (Fsp3) is 0.515. The number of carboxylic acid groups (broad SMARTS) is 1. The Hall–Kier alpha value is -3.70. The van der Waals surface area contributed by atoms with Gasteiger partial charge in [-0.1, -0.05) is 11.2 Å². The van der Waals surface area contributed by atoms with Crippen LogP contribution in [0.5, 0.6) is 0 Å². The van der Waals surface area contributed by atoms with Crippen LogP contribution < -0.4 is 9.80 Å². The van der Waals surface area contributed by atoms with Crippen LogP contribution >= 0.6 is 0 Å². The number of hydrogen-bond donors (Lipinski definition) is 1. The van der Waals surface area contributed by atoms with E-state index < -0.39 is 29.4 Å². The summed E-state index contributed by atoms with van der Waals surface area (Å²) in [6.45, 7) is 5.02. The van der Waals surface area contributed by atoms with Crippen molar-refractivity contribution in [2.75, 3.05) is 22.9 Å². The highest BCUT2D eigenvalue weighted by atomic mass is 19.4. The van der Waals surface area contributed by atoms with Gasteiger partial charge < -0.3 is 19.4 Å². The summed E-state index contributed by atoms with van der Waals surface area (Å²) in [6.07, 6.45) is -4.24. The lowest BCUT2D eigenvalue weighted by Crippen LogP contribution is -2.34. The Morgan fingerprint density at radius 1 is 0.889 bits per heavy atom. The largest absolute Gasteiger partial charge is 0.481 e. The number of benzene rings is 2. The number of aliphatic carboxylic acids is 1. The maximum Gasteiger partial charge on any atom is 0.416 e. The van der Waals surface area contributed by atoms with E-state index in [0.717, 1.165) is 62.0 Å². The standard InChI is InChI=1S/C33H37F6N3O3/c1-3-41(17-21-7-9-23(10-8-21)31(43)44)29-15-25-6-4-5-24(25)14-26(29)19-42(30-11-20(2)40-45-30)18-22-12-27(32(34,35)36)16-28(13-22)33(37,38)39/h11-16,21,23H,3-10,17-19H2,1-2H3,(H,43,44)/t21-,23-. The molecule has 0 bridgehead atoms. The molecule has 5 rings (SSSR count). The first-order valence-corrected chi connectivity index (χ1v) is 15.3. The SMILES string of the molecule is CCN(C[C@H]1CC[C@H](C(=O)O)CC1)c1cc2c(cc1CN(Cc1cc(C(F)(F)F)cc(C(F)(F)F)c1)c1cc(C)no1)CCC2. The number of anilines is 2. The predicted octanol–water partition coefficient (Wildman–Crippen LogP) is 8.43. The number of carboxylic acids is 1. The number of fused-ring (bicyclic) bond motifs is 1. The van der Waals surface area contributed by atoms with E-state index in [1.807, 2.05) is 6.92 Å². The van der Waals surface area contributed by atoms with Crippen LogP contribution in [0.3, 0.4) is 0 Å². The van der Waals surface area contributed by atoms with Gasteiger partial charge >= 0.3 is 18.3 Å². The second-order valence-corrected chi connectivity index (χ2v) is 12.3. The molecule has 1 N–H and O–H groups in total. The third-order valence-corrected chi connectivity index (χ3v) is 9.00. The fourth-order valence-corrected chi connectivity index (χ4v) is 6.63. The third-order valence-electron chi connectivity index (χ3n) is 9.00. The van der Waals surface area contributed by atoms with Crippen LogP contribution in [0.4, 0.5) is 37.9 Å². The number of nitrogens with zero attached hydrogens (tertiary/aromatic N) is 3. The van der Waals surface area contributed by atoms with Gasteiger partial charge in [-0.25, -0.2) is 0 Å². The molecule has 2 aromatic carbocycles. The smallest absolute Gasteiger partial charge is 0.416 e. The molecule has 3 aromatic rings. The topological polar surface area (TPSA) is 69.8 Å². The Morgan fingerprint density at radius 3 is 2.04 bits per heavy atom. The zero-order valence-electron chi connectivity index (χ0n) is 25.3. The van der Waals surface area contributed by atoms with Gasteiger partial charge in [0, 0.05) is 37.9 Å². The zero-order chi connectivity index (χ0) is 32.5. The molecule has 1 fully saturated rings. The van der Waals surface area contributed by atoms with Crippen LogP contribution in [0.2, 0.25) is 0 Å². The molecule has 45 heavy (non-hydrogen) atoms. The number of halogens is 6. The Morgan fingerprint density at radius 2 is 1.51 bits per heavy atom. The van der Waals surface area contributed by atoms with Crippen LogP contribution in [-0.2, 0) is 43.1 Å². The Labute approximate surface area is 258 Å². The lowest BCUT2D eigenvalue weighted by atomic mass is 9.81. The number of carbonyl (C=O) groups is 1. The van der Waals surface area contributed by atoms with Crippen molar-refractivity contribution in [3.8, 4) is 0 Å². The highest BCUT2D eigenvalue weighted by Gasteiger charge is 2.37. The van der Waals surface area contributed by atoms with Crippen LogP contribution in [0.25, 0.3) is 0 Å². The van der Waals surface area contributed by atoms with Crippen molar-refractivity contribution in [3.05, 3.63) is 75.5 Å². The summed E-state index contributed by atoms with van der Waals surface area (Å²) in [5.41, 5.74) is 1.89. The normalized spacial score (nSPS) is 18.6. The van der Waals surface area contributed by atoms with Gasteiger partial charge in [-0.2, -0.15) is 26.3 Å². The molecule has 0 atom stereocenters. The first-order valence-electron chi connectivity index (χ1n) is 15.3. The van der Waals surface area contributed by atoms with Gasteiger partial charge in [-0.3, -0.25) is 4.79 Å². The molecular formula is C33H37F6N3O3. The molecule has 6 nitrogen and oxygen atoms in total. The Kier molecular flexibility index (Phi) is 9.41. The van der Waals surface area contributed by atoms with Crippen molar-refractivity contribution in [2.24, 2.45) is 11.8 Å². The van der Waals surface area contributed by atoms with E-state index in [2.05, 4.69) is 22.2 Å². The molecule has 0 unspecified atom stereocenters. The number of rotatable bonds is 10. The second-order valence-electron chi connectivity index (χ2n) is 12.3. The highest BCUT2D eigenvalue weighted by Crippen LogP contribution is 2.39. The van der Waals surface area contributed by atoms with E-state index in [9.17, 15) is 36.2 Å². The Bertz CT molecular complexity index is 1480. The molecule has 1 saturated carbocycles. The fourth-order valence-electron chi connectivity index (χ4n) is 6.63. The van der Waals surface area contributed by atoms with Crippen molar-refractivity contribution >= 4 is 17.5 Å². The molecule has 0 spiro atoms. The average molecular weight is 638 g/mol. The van der Waals surface area contributed by atoms with Crippen LogP contribution in [-0.4, -0.2) is 29.3 Å². The van der Waals surface area contributed by atoms with E-state index in [4.69, 9.17) is 4.52 Å². The second kappa shape index (κ2) is 13.0. The number of hydrogen-bond acceptors (Lipinski definition) is 5. The molecule has 0 amide bonds. The van der Waals surface area contributed by atoms with Gasteiger partial charge in [0.2, 0.25) is 5.88 Å². The van der Waals surface area contributed by atoms with Gasteiger partial charge in [-0.05, 0) is 111 Å². The first-order chi connectivity index (χ1) is 21.2. The van der Waals surface area contributed by atoms with Crippen molar-refractivity contribution in [2.45, 2.75) is 84.2 Å². The van der Waals surface area contributed by atoms with Crippen LogP contribution in [0.1, 0.15) is 78.1 Å². The summed E-state index contributed by atoms with van der Waals surface area (Å²) in [5.74, 6) is -0.535. The lowest BCUT2D eigenvalue weighted by molar-refractivity contribution is -0.144. The summed E-state index contributed by atoms with van der Waals surface area (Å²) in [6, 6.07) is 7.52. The zero-order valence-corrected chi connectivity index (χ0v) is 25.3. The minimum absolute atomic E-state index is 0.133. The van der Waals surface area contributed by atoms with Crippen molar-refractivity contribution in [3.63, 3.8) is 0 Å². The van der Waals surface area contributed by atoms with Gasteiger partial charge in [-0.15, -0.1) is 0 Å². The minimum atomic E-state index is -4.96. The summed E-state index contributed by atoms with van der Waals surface area (Å²) in [5, 5.41) is 13.3. The van der Waals surface area contributed by atoms with E-state index in [1.54, 1.807) is 17.9 Å². The van der Waals surface area contributed by atoms with E-state index in [1.165, 1.54) is 11.1 Å². The van der Waals surface area contributed by atoms with Crippen molar-refractivity contribution in [1.82, 2.24) is 5.16 Å². The molecule has 0 aliphatic heterocycles. The summed E-state index contributed by atoms with van der Waals surface area (Å²) < 4.78 is 87.5. The molecule has 0 radical (unpaired) electrons. The summed E-state index contributed by atoms with van der Waals surface area (Å²) >= 11 is 0. The van der Waals surface area contributed by atoms with Crippen molar-refractivity contribution in [1.29, 1.82) is 0 Å². The lowest BCUT2D eigenvalue weighted by Gasteiger charge is -2.34.